The summed E-state index contributed by atoms with van der Waals surface area (Å²) < 4.78 is 40.3. The van der Waals surface area contributed by atoms with Gasteiger partial charge in [0.25, 0.3) is 0 Å². The molecule has 2 aliphatic rings. The number of alkyl halides is 3. The second-order valence-electron chi connectivity index (χ2n) is 6.63. The molecule has 23 heavy (non-hydrogen) atoms. The highest BCUT2D eigenvalue weighted by Crippen LogP contribution is 2.48. The topological polar surface area (TPSA) is 38.3 Å². The van der Waals surface area contributed by atoms with E-state index in [0.717, 1.165) is 24.8 Å². The van der Waals surface area contributed by atoms with Crippen molar-refractivity contribution in [1.82, 2.24) is 5.32 Å². The van der Waals surface area contributed by atoms with Gasteiger partial charge in [0.15, 0.2) is 0 Å². The average Bonchev–Trinajstić information content (AvgIpc) is 3.08. The lowest BCUT2D eigenvalue weighted by Crippen LogP contribution is -2.35. The quantitative estimate of drug-likeness (QED) is 0.900. The number of halogens is 3. The van der Waals surface area contributed by atoms with Gasteiger partial charge in [0.05, 0.1) is 6.04 Å². The molecule has 3 rings (SSSR count). The molecule has 2 bridgehead atoms. The minimum atomic E-state index is -4.69. The Kier molecular flexibility index (Phi) is 4.25. The number of amides is 1. The van der Waals surface area contributed by atoms with Gasteiger partial charge in [0, 0.05) is 5.92 Å². The Bertz CT molecular complexity index is 570. The number of carbonyl (C=O) groups excluding carboxylic acids is 1. The summed E-state index contributed by atoms with van der Waals surface area (Å²) in [7, 11) is 0. The summed E-state index contributed by atoms with van der Waals surface area (Å²) in [6.07, 6.45) is -0.175. The molecule has 2 aliphatic carbocycles. The van der Waals surface area contributed by atoms with Crippen molar-refractivity contribution in [3.05, 3.63) is 29.8 Å². The number of ether oxygens (including phenoxy) is 1. The van der Waals surface area contributed by atoms with E-state index in [4.69, 9.17) is 0 Å². The van der Waals surface area contributed by atoms with Gasteiger partial charge in [-0.15, -0.1) is 13.2 Å². The molecular weight excluding hydrogens is 307 g/mol. The number of fused-ring (bicyclic) bond motifs is 2. The van der Waals surface area contributed by atoms with Crippen molar-refractivity contribution in [2.75, 3.05) is 0 Å². The lowest BCUT2D eigenvalue weighted by Gasteiger charge is -2.23. The van der Waals surface area contributed by atoms with Crippen LogP contribution in [0.15, 0.2) is 24.3 Å². The van der Waals surface area contributed by atoms with Crippen LogP contribution >= 0.6 is 0 Å². The molecule has 0 heterocycles. The van der Waals surface area contributed by atoms with Crippen LogP contribution in [0.3, 0.4) is 0 Å². The average molecular weight is 327 g/mol. The lowest BCUT2D eigenvalue weighted by atomic mass is 9.88. The van der Waals surface area contributed by atoms with E-state index < -0.39 is 6.36 Å². The number of carbonyl (C=O) groups is 1. The maximum Gasteiger partial charge on any atom is 0.573 e. The highest BCUT2D eigenvalue weighted by molar-refractivity contribution is 5.80. The Balaban J connectivity index is 1.57. The molecule has 4 unspecified atom stereocenters. The van der Waals surface area contributed by atoms with Crippen molar-refractivity contribution in [3.63, 3.8) is 0 Å². The van der Waals surface area contributed by atoms with Crippen molar-refractivity contribution >= 4 is 5.91 Å². The van der Waals surface area contributed by atoms with Crippen LogP contribution in [0.2, 0.25) is 0 Å². The fourth-order valence-corrected chi connectivity index (χ4v) is 3.93. The van der Waals surface area contributed by atoms with Gasteiger partial charge in [-0.3, -0.25) is 4.79 Å². The summed E-state index contributed by atoms with van der Waals surface area (Å²) in [5.74, 6) is 1.12. The molecule has 1 aromatic rings. The summed E-state index contributed by atoms with van der Waals surface area (Å²) in [5, 5.41) is 2.99. The normalized spacial score (nSPS) is 27.7. The zero-order valence-electron chi connectivity index (χ0n) is 12.9. The van der Waals surface area contributed by atoms with E-state index in [1.54, 1.807) is 12.1 Å². The molecule has 2 saturated carbocycles. The molecule has 6 heteroatoms. The first-order valence-electron chi connectivity index (χ1n) is 7.98. The van der Waals surface area contributed by atoms with E-state index in [1.165, 1.54) is 18.6 Å². The van der Waals surface area contributed by atoms with Crippen LogP contribution in [-0.2, 0) is 4.79 Å². The molecule has 0 radical (unpaired) electrons. The van der Waals surface area contributed by atoms with Crippen molar-refractivity contribution in [2.24, 2.45) is 17.8 Å². The third-order valence-electron chi connectivity index (χ3n) is 5.05. The number of nitrogens with one attached hydrogen (secondary N) is 1. The number of benzene rings is 1. The van der Waals surface area contributed by atoms with Crippen molar-refractivity contribution in [2.45, 2.75) is 45.0 Å². The third-order valence-corrected chi connectivity index (χ3v) is 5.05. The van der Waals surface area contributed by atoms with Crippen LogP contribution in [0.25, 0.3) is 0 Å². The van der Waals surface area contributed by atoms with Gasteiger partial charge < -0.3 is 10.1 Å². The minimum absolute atomic E-state index is 0.0697. The van der Waals surface area contributed by atoms with Crippen LogP contribution in [-0.4, -0.2) is 12.3 Å². The summed E-state index contributed by atoms with van der Waals surface area (Å²) in [5.41, 5.74) is 0.760. The zero-order chi connectivity index (χ0) is 16.6. The van der Waals surface area contributed by atoms with Gasteiger partial charge in [0.2, 0.25) is 5.91 Å². The molecule has 126 valence electrons. The van der Waals surface area contributed by atoms with Crippen molar-refractivity contribution in [1.29, 1.82) is 0 Å². The van der Waals surface area contributed by atoms with Crippen LogP contribution in [0.4, 0.5) is 13.2 Å². The van der Waals surface area contributed by atoms with Gasteiger partial charge in [0.1, 0.15) is 5.75 Å². The highest BCUT2D eigenvalue weighted by atomic mass is 19.4. The van der Waals surface area contributed by atoms with Gasteiger partial charge >= 0.3 is 6.36 Å². The first-order valence-corrected chi connectivity index (χ1v) is 7.98. The first kappa shape index (κ1) is 16.1. The monoisotopic (exact) mass is 327 g/mol. The van der Waals surface area contributed by atoms with E-state index in [9.17, 15) is 18.0 Å². The fraction of sp³-hybridized carbons (Fsp3) is 0.588. The van der Waals surface area contributed by atoms with E-state index >= 15 is 0 Å². The van der Waals surface area contributed by atoms with Gasteiger partial charge in [-0.05, 0) is 55.7 Å². The molecule has 1 N–H and O–H groups in total. The number of hydrogen-bond donors (Lipinski definition) is 1. The Morgan fingerprint density at radius 1 is 1.22 bits per heavy atom. The molecule has 1 amide bonds. The van der Waals surface area contributed by atoms with Crippen LogP contribution in [0.1, 0.15) is 44.2 Å². The first-order chi connectivity index (χ1) is 10.8. The standard InChI is InChI=1S/C17H20F3NO2/c1-10(12-4-6-14(7-5-12)23-17(18,19)20)21-16(22)15-9-11-2-3-13(15)8-11/h4-7,10-11,13,15H,2-3,8-9H2,1H3,(H,21,22). The van der Waals surface area contributed by atoms with Crippen molar-refractivity contribution < 1.29 is 22.7 Å². The van der Waals surface area contributed by atoms with Crippen LogP contribution < -0.4 is 10.1 Å². The second-order valence-corrected chi connectivity index (χ2v) is 6.63. The van der Waals surface area contributed by atoms with E-state index in [0.29, 0.717) is 11.8 Å². The molecule has 0 aliphatic heterocycles. The largest absolute Gasteiger partial charge is 0.573 e. The van der Waals surface area contributed by atoms with E-state index in [2.05, 4.69) is 10.1 Å². The Morgan fingerprint density at radius 2 is 1.91 bits per heavy atom. The Morgan fingerprint density at radius 3 is 2.43 bits per heavy atom. The predicted octanol–water partition coefficient (Wildman–Crippen LogP) is 4.20. The van der Waals surface area contributed by atoms with Crippen molar-refractivity contribution in [3.8, 4) is 5.75 Å². The predicted molar refractivity (Wildman–Crippen MR) is 78.6 cm³/mol. The van der Waals surface area contributed by atoms with Gasteiger partial charge in [-0.1, -0.05) is 18.6 Å². The minimum Gasteiger partial charge on any atom is -0.406 e. The summed E-state index contributed by atoms with van der Waals surface area (Å²) >= 11 is 0. The van der Waals surface area contributed by atoms with Crippen LogP contribution in [0, 0.1) is 17.8 Å². The van der Waals surface area contributed by atoms with E-state index in [-0.39, 0.29) is 23.6 Å². The number of hydrogen-bond acceptors (Lipinski definition) is 2. The third kappa shape index (κ3) is 3.79. The molecular formula is C17H20F3NO2. The van der Waals surface area contributed by atoms with Gasteiger partial charge in [-0.2, -0.15) is 0 Å². The molecule has 4 atom stereocenters. The summed E-state index contributed by atoms with van der Waals surface area (Å²) in [6, 6.07) is 5.40. The smallest absolute Gasteiger partial charge is 0.406 e. The van der Waals surface area contributed by atoms with Crippen LogP contribution in [0.5, 0.6) is 5.75 Å². The molecule has 3 nitrogen and oxygen atoms in total. The Hall–Kier alpha value is -1.72. The molecule has 0 spiro atoms. The maximum absolute atomic E-state index is 12.4. The fourth-order valence-electron chi connectivity index (χ4n) is 3.93. The second kappa shape index (κ2) is 6.06. The Labute approximate surface area is 133 Å². The maximum atomic E-state index is 12.4. The summed E-state index contributed by atoms with van der Waals surface area (Å²) in [6.45, 7) is 1.84. The molecule has 2 fully saturated rings. The van der Waals surface area contributed by atoms with Gasteiger partial charge in [-0.25, -0.2) is 0 Å². The molecule has 0 saturated heterocycles. The zero-order valence-corrected chi connectivity index (χ0v) is 12.9. The number of rotatable bonds is 4. The van der Waals surface area contributed by atoms with E-state index in [1.807, 2.05) is 6.92 Å². The lowest BCUT2D eigenvalue weighted by molar-refractivity contribution is -0.274. The molecule has 0 aromatic heterocycles. The summed E-state index contributed by atoms with van der Waals surface area (Å²) in [4.78, 5) is 12.4. The molecule has 1 aromatic carbocycles. The highest BCUT2D eigenvalue weighted by Gasteiger charge is 2.43. The SMILES string of the molecule is CC(NC(=O)C1CC2CCC1C2)c1ccc(OC(F)(F)F)cc1.